The number of benzene rings is 1. The van der Waals surface area contributed by atoms with Crippen LogP contribution in [0, 0.1) is 0 Å². The molecule has 3 rings (SSSR count). The number of hydrogen-bond donors (Lipinski definition) is 1. The van der Waals surface area contributed by atoms with Crippen LogP contribution in [0.5, 0.6) is 0 Å². The molecule has 0 atom stereocenters. The van der Waals surface area contributed by atoms with Gasteiger partial charge in [-0.1, -0.05) is 42.6 Å². The molecular formula is C18H21ClN4O. The van der Waals surface area contributed by atoms with E-state index in [-0.39, 0.29) is 5.91 Å². The summed E-state index contributed by atoms with van der Waals surface area (Å²) in [5.41, 5.74) is 1.42. The van der Waals surface area contributed by atoms with Gasteiger partial charge in [-0.05, 0) is 24.5 Å². The maximum absolute atomic E-state index is 12.6. The van der Waals surface area contributed by atoms with Crippen molar-refractivity contribution in [1.29, 1.82) is 0 Å². The van der Waals surface area contributed by atoms with Gasteiger partial charge in [0.15, 0.2) is 0 Å². The van der Waals surface area contributed by atoms with Gasteiger partial charge in [-0.25, -0.2) is 9.97 Å². The maximum Gasteiger partial charge on any atom is 0.272 e. The third kappa shape index (κ3) is 4.23. The SMILES string of the molecule is O=C(c1cc(NCc2ccccc2Cl)ncn1)N1CCCCCC1. The molecular weight excluding hydrogens is 324 g/mol. The van der Waals surface area contributed by atoms with Gasteiger partial charge in [-0.15, -0.1) is 0 Å². The van der Waals surface area contributed by atoms with Gasteiger partial charge < -0.3 is 10.2 Å². The monoisotopic (exact) mass is 344 g/mol. The van der Waals surface area contributed by atoms with E-state index in [1.807, 2.05) is 29.2 Å². The lowest BCUT2D eigenvalue weighted by molar-refractivity contribution is 0.0755. The average molecular weight is 345 g/mol. The van der Waals surface area contributed by atoms with Crippen LogP contribution in [0.4, 0.5) is 5.82 Å². The predicted octanol–water partition coefficient (Wildman–Crippen LogP) is 3.76. The second-order valence-electron chi connectivity index (χ2n) is 5.94. The summed E-state index contributed by atoms with van der Waals surface area (Å²) >= 11 is 6.16. The molecule has 0 saturated carbocycles. The second-order valence-corrected chi connectivity index (χ2v) is 6.35. The standard InChI is InChI=1S/C18H21ClN4O/c19-15-8-4-3-7-14(15)12-20-17-11-16(21-13-22-17)18(24)23-9-5-1-2-6-10-23/h3-4,7-8,11,13H,1-2,5-6,9-10,12H2,(H,20,21,22). The molecule has 0 bridgehead atoms. The van der Waals surface area contributed by atoms with Crippen molar-refractivity contribution >= 4 is 23.3 Å². The molecule has 1 fully saturated rings. The fraction of sp³-hybridized carbons (Fsp3) is 0.389. The minimum atomic E-state index is -0.0138. The molecule has 6 heteroatoms. The molecule has 1 aliphatic heterocycles. The Morgan fingerprint density at radius 1 is 1.12 bits per heavy atom. The maximum atomic E-state index is 12.6. The highest BCUT2D eigenvalue weighted by Gasteiger charge is 2.18. The molecule has 2 aromatic rings. The van der Waals surface area contributed by atoms with Crippen molar-refractivity contribution in [2.24, 2.45) is 0 Å². The van der Waals surface area contributed by atoms with Gasteiger partial charge in [0.2, 0.25) is 0 Å². The molecule has 1 N–H and O–H groups in total. The number of nitrogens with one attached hydrogen (secondary N) is 1. The van der Waals surface area contributed by atoms with Gasteiger partial charge >= 0.3 is 0 Å². The van der Waals surface area contributed by atoms with Crippen LogP contribution in [-0.4, -0.2) is 33.9 Å². The Bertz CT molecular complexity index is 699. The van der Waals surface area contributed by atoms with Crippen molar-refractivity contribution in [3.8, 4) is 0 Å². The molecule has 1 saturated heterocycles. The van der Waals surface area contributed by atoms with Gasteiger partial charge in [0.25, 0.3) is 5.91 Å². The summed E-state index contributed by atoms with van der Waals surface area (Å²) < 4.78 is 0. The second kappa shape index (κ2) is 8.11. The van der Waals surface area contributed by atoms with Crippen LogP contribution in [0.15, 0.2) is 36.7 Å². The van der Waals surface area contributed by atoms with E-state index in [0.717, 1.165) is 31.5 Å². The highest BCUT2D eigenvalue weighted by atomic mass is 35.5. The molecule has 5 nitrogen and oxygen atoms in total. The molecule has 0 aliphatic carbocycles. The number of nitrogens with zero attached hydrogens (tertiary/aromatic N) is 3. The third-order valence-corrected chi connectivity index (χ3v) is 4.57. The van der Waals surface area contributed by atoms with E-state index in [4.69, 9.17) is 11.6 Å². The largest absolute Gasteiger partial charge is 0.366 e. The summed E-state index contributed by atoms with van der Waals surface area (Å²) in [6.45, 7) is 2.17. The number of rotatable bonds is 4. The summed E-state index contributed by atoms with van der Waals surface area (Å²) in [6, 6.07) is 9.36. The lowest BCUT2D eigenvalue weighted by Gasteiger charge is -2.19. The van der Waals surface area contributed by atoms with Crippen LogP contribution in [0.1, 0.15) is 41.7 Å². The lowest BCUT2D eigenvalue weighted by Crippen LogP contribution is -2.32. The van der Waals surface area contributed by atoms with Gasteiger partial charge in [-0.3, -0.25) is 4.79 Å². The van der Waals surface area contributed by atoms with Crippen molar-refractivity contribution in [2.75, 3.05) is 18.4 Å². The van der Waals surface area contributed by atoms with Gasteiger partial charge in [0.05, 0.1) is 0 Å². The van der Waals surface area contributed by atoms with Crippen molar-refractivity contribution in [2.45, 2.75) is 32.2 Å². The first kappa shape index (κ1) is 16.7. The quantitative estimate of drug-likeness (QED) is 0.917. The van der Waals surface area contributed by atoms with Crippen LogP contribution in [0.3, 0.4) is 0 Å². The van der Waals surface area contributed by atoms with Gasteiger partial charge in [-0.2, -0.15) is 0 Å². The van der Waals surface area contributed by atoms with Crippen LogP contribution in [-0.2, 0) is 6.54 Å². The summed E-state index contributed by atoms with van der Waals surface area (Å²) in [6.07, 6.45) is 5.94. The first-order chi connectivity index (χ1) is 11.7. The Hall–Kier alpha value is -2.14. The number of carbonyl (C=O) groups excluding carboxylic acids is 1. The number of aromatic nitrogens is 2. The predicted molar refractivity (Wildman–Crippen MR) is 95.2 cm³/mol. The zero-order valence-corrected chi connectivity index (χ0v) is 14.3. The van der Waals surface area contributed by atoms with E-state index in [0.29, 0.717) is 23.1 Å². The number of anilines is 1. The zero-order chi connectivity index (χ0) is 16.8. The number of carbonyl (C=O) groups is 1. The zero-order valence-electron chi connectivity index (χ0n) is 13.5. The van der Waals surface area contributed by atoms with Crippen LogP contribution >= 0.6 is 11.6 Å². The Morgan fingerprint density at radius 2 is 1.88 bits per heavy atom. The molecule has 1 aliphatic rings. The summed E-state index contributed by atoms with van der Waals surface area (Å²) in [5.74, 6) is 0.614. The molecule has 0 radical (unpaired) electrons. The smallest absolute Gasteiger partial charge is 0.272 e. The fourth-order valence-corrected chi connectivity index (χ4v) is 3.04. The third-order valence-electron chi connectivity index (χ3n) is 4.20. The molecule has 0 unspecified atom stereocenters. The van der Waals surface area contributed by atoms with Crippen molar-refractivity contribution < 1.29 is 4.79 Å². The molecule has 1 aromatic heterocycles. The fourth-order valence-electron chi connectivity index (χ4n) is 2.83. The first-order valence-electron chi connectivity index (χ1n) is 8.32. The topological polar surface area (TPSA) is 58.1 Å². The van der Waals surface area contributed by atoms with Crippen molar-refractivity contribution in [1.82, 2.24) is 14.9 Å². The first-order valence-corrected chi connectivity index (χ1v) is 8.70. The Kier molecular flexibility index (Phi) is 5.64. The van der Waals surface area contributed by atoms with E-state index in [1.165, 1.54) is 19.2 Å². The Morgan fingerprint density at radius 3 is 2.62 bits per heavy atom. The highest BCUT2D eigenvalue weighted by molar-refractivity contribution is 6.31. The minimum absolute atomic E-state index is 0.0138. The average Bonchev–Trinajstić information content (AvgIpc) is 2.90. The lowest BCUT2D eigenvalue weighted by atomic mass is 10.2. The number of amides is 1. The van der Waals surface area contributed by atoms with E-state index >= 15 is 0 Å². The van der Waals surface area contributed by atoms with E-state index in [1.54, 1.807) is 6.07 Å². The normalized spacial score (nSPS) is 15.0. The molecule has 1 amide bonds. The number of likely N-dealkylation sites (tertiary alicyclic amines) is 1. The van der Waals surface area contributed by atoms with Crippen molar-refractivity contribution in [3.63, 3.8) is 0 Å². The van der Waals surface area contributed by atoms with E-state index in [2.05, 4.69) is 15.3 Å². The Balaban J connectivity index is 1.67. The summed E-state index contributed by atoms with van der Waals surface area (Å²) in [7, 11) is 0. The molecule has 24 heavy (non-hydrogen) atoms. The molecule has 1 aromatic carbocycles. The number of hydrogen-bond acceptors (Lipinski definition) is 4. The summed E-state index contributed by atoms with van der Waals surface area (Å²) in [5, 5.41) is 3.91. The van der Waals surface area contributed by atoms with Gasteiger partial charge in [0, 0.05) is 30.7 Å². The van der Waals surface area contributed by atoms with Crippen LogP contribution in [0.2, 0.25) is 5.02 Å². The van der Waals surface area contributed by atoms with Crippen molar-refractivity contribution in [3.05, 3.63) is 52.9 Å². The van der Waals surface area contributed by atoms with Crippen LogP contribution in [0.25, 0.3) is 0 Å². The van der Waals surface area contributed by atoms with Crippen LogP contribution < -0.4 is 5.32 Å². The molecule has 0 spiro atoms. The highest BCUT2D eigenvalue weighted by Crippen LogP contribution is 2.17. The molecule has 2 heterocycles. The summed E-state index contributed by atoms with van der Waals surface area (Å²) in [4.78, 5) is 22.9. The number of halogens is 1. The van der Waals surface area contributed by atoms with E-state index in [9.17, 15) is 4.79 Å². The molecule has 126 valence electrons. The van der Waals surface area contributed by atoms with E-state index < -0.39 is 0 Å². The Labute approximate surface area is 147 Å². The van der Waals surface area contributed by atoms with Gasteiger partial charge in [0.1, 0.15) is 17.8 Å². The minimum Gasteiger partial charge on any atom is -0.366 e.